The summed E-state index contributed by atoms with van der Waals surface area (Å²) in [7, 11) is 0. The second-order valence-corrected chi connectivity index (χ2v) is 6.31. The van der Waals surface area contributed by atoms with E-state index in [-0.39, 0.29) is 12.0 Å². The van der Waals surface area contributed by atoms with Crippen molar-refractivity contribution in [1.82, 2.24) is 4.98 Å². The lowest BCUT2D eigenvalue weighted by Gasteiger charge is -2.14. The predicted molar refractivity (Wildman–Crippen MR) is 101 cm³/mol. The largest absolute Gasteiger partial charge is 0.490 e. The van der Waals surface area contributed by atoms with E-state index in [0.717, 1.165) is 30.4 Å². The van der Waals surface area contributed by atoms with Gasteiger partial charge >= 0.3 is 0 Å². The number of aromatic nitrogens is 1. The highest BCUT2D eigenvalue weighted by Gasteiger charge is 2.18. The Bertz CT molecular complexity index is 920. The van der Waals surface area contributed by atoms with Gasteiger partial charge in [0.2, 0.25) is 0 Å². The maximum absolute atomic E-state index is 12.7. The second kappa shape index (κ2) is 7.54. The average Bonchev–Trinajstić information content (AvgIpc) is 3.20. The summed E-state index contributed by atoms with van der Waals surface area (Å²) in [5.41, 5.74) is 2.05. The van der Waals surface area contributed by atoms with Crippen molar-refractivity contribution >= 4 is 22.5 Å². The second-order valence-electron chi connectivity index (χ2n) is 6.31. The lowest BCUT2D eigenvalue weighted by Crippen LogP contribution is -2.19. The Morgan fingerprint density at radius 3 is 2.92 bits per heavy atom. The molecular formula is C21H20N2O3. The first-order valence-corrected chi connectivity index (χ1v) is 8.79. The van der Waals surface area contributed by atoms with Gasteiger partial charge in [0.25, 0.3) is 5.91 Å². The molecule has 5 heteroatoms. The van der Waals surface area contributed by atoms with Crippen molar-refractivity contribution in [3.05, 3.63) is 66.4 Å². The van der Waals surface area contributed by atoms with Gasteiger partial charge in [0.15, 0.2) is 0 Å². The smallest absolute Gasteiger partial charge is 0.259 e. The van der Waals surface area contributed by atoms with Crippen LogP contribution in [0.15, 0.2) is 60.8 Å². The zero-order valence-electron chi connectivity index (χ0n) is 14.4. The summed E-state index contributed by atoms with van der Waals surface area (Å²) in [6.07, 6.45) is 3.83. The van der Waals surface area contributed by atoms with Crippen LogP contribution in [0.3, 0.4) is 0 Å². The van der Waals surface area contributed by atoms with E-state index in [2.05, 4.69) is 10.3 Å². The van der Waals surface area contributed by atoms with Gasteiger partial charge in [-0.3, -0.25) is 9.78 Å². The summed E-state index contributed by atoms with van der Waals surface area (Å²) in [4.78, 5) is 17.1. The highest BCUT2D eigenvalue weighted by molar-refractivity contribution is 6.06. The Hall–Kier alpha value is -2.92. The molecule has 1 saturated heterocycles. The molecule has 1 atom stereocenters. The van der Waals surface area contributed by atoms with Crippen molar-refractivity contribution in [2.75, 3.05) is 18.5 Å². The van der Waals surface area contributed by atoms with Crippen molar-refractivity contribution in [2.45, 2.75) is 18.9 Å². The molecule has 0 spiro atoms. The van der Waals surface area contributed by atoms with Gasteiger partial charge in [-0.2, -0.15) is 0 Å². The molecule has 1 N–H and O–H groups in total. The number of para-hydroxylation sites is 2. The zero-order valence-corrected chi connectivity index (χ0v) is 14.4. The van der Waals surface area contributed by atoms with E-state index >= 15 is 0 Å². The molecule has 0 aliphatic carbocycles. The molecule has 0 saturated carbocycles. The van der Waals surface area contributed by atoms with E-state index < -0.39 is 0 Å². The van der Waals surface area contributed by atoms with Crippen molar-refractivity contribution < 1.29 is 14.3 Å². The van der Waals surface area contributed by atoms with Crippen LogP contribution in [0.4, 0.5) is 5.69 Å². The van der Waals surface area contributed by atoms with Crippen molar-refractivity contribution in [3.8, 4) is 5.75 Å². The maximum Gasteiger partial charge on any atom is 0.259 e. The number of ether oxygens (including phenoxy) is 2. The van der Waals surface area contributed by atoms with Gasteiger partial charge in [-0.25, -0.2) is 0 Å². The molecule has 2 heterocycles. The predicted octanol–water partition coefficient (Wildman–Crippen LogP) is 4.04. The number of nitrogens with one attached hydrogen (secondary N) is 1. The van der Waals surface area contributed by atoms with Crippen LogP contribution in [0.25, 0.3) is 10.9 Å². The number of hydrogen-bond donors (Lipinski definition) is 1. The van der Waals surface area contributed by atoms with E-state index in [4.69, 9.17) is 9.47 Å². The molecule has 5 nitrogen and oxygen atoms in total. The molecule has 1 aromatic heterocycles. The lowest BCUT2D eigenvalue weighted by molar-refractivity contribution is 0.0673. The fourth-order valence-corrected chi connectivity index (χ4v) is 3.08. The van der Waals surface area contributed by atoms with E-state index in [1.165, 1.54) is 0 Å². The van der Waals surface area contributed by atoms with Gasteiger partial charge < -0.3 is 14.8 Å². The minimum atomic E-state index is -0.218. The number of anilines is 1. The Morgan fingerprint density at radius 2 is 2.04 bits per heavy atom. The van der Waals surface area contributed by atoms with Gasteiger partial charge in [-0.1, -0.05) is 30.3 Å². The standard InChI is InChI=1S/C21H20N2O3/c24-21(23-16-12-15-6-1-3-9-19(15)22-13-16)18-8-2-4-10-20(18)26-14-17-7-5-11-25-17/h1-4,6,8-10,12-13,17H,5,7,11,14H2,(H,23,24). The van der Waals surface area contributed by atoms with Crippen LogP contribution in [-0.4, -0.2) is 30.2 Å². The van der Waals surface area contributed by atoms with Crippen LogP contribution in [0, 0.1) is 0 Å². The average molecular weight is 348 g/mol. The van der Waals surface area contributed by atoms with Crippen LogP contribution in [0.2, 0.25) is 0 Å². The first kappa shape index (κ1) is 16.5. The summed E-state index contributed by atoms with van der Waals surface area (Å²) in [5.74, 6) is 0.347. The number of rotatable bonds is 5. The fraction of sp³-hybridized carbons (Fsp3) is 0.238. The van der Waals surface area contributed by atoms with Crippen molar-refractivity contribution in [2.24, 2.45) is 0 Å². The quantitative estimate of drug-likeness (QED) is 0.756. The molecule has 3 aromatic rings. The third-order valence-corrected chi connectivity index (χ3v) is 4.43. The van der Waals surface area contributed by atoms with Gasteiger partial charge in [-0.15, -0.1) is 0 Å². The molecule has 4 rings (SSSR count). The normalized spacial score (nSPS) is 16.5. The minimum absolute atomic E-state index is 0.107. The number of benzene rings is 2. The van der Waals surface area contributed by atoms with Crippen LogP contribution >= 0.6 is 0 Å². The molecular weight excluding hydrogens is 328 g/mol. The van der Waals surface area contributed by atoms with Crippen LogP contribution in [0.5, 0.6) is 5.75 Å². The first-order valence-electron chi connectivity index (χ1n) is 8.79. The number of amides is 1. The molecule has 1 aliphatic rings. The van der Waals surface area contributed by atoms with E-state index in [1.807, 2.05) is 48.5 Å². The molecule has 1 aliphatic heterocycles. The summed E-state index contributed by atoms with van der Waals surface area (Å²) in [6, 6.07) is 17.0. The van der Waals surface area contributed by atoms with Gasteiger partial charge in [-0.05, 0) is 37.1 Å². The van der Waals surface area contributed by atoms with Gasteiger partial charge in [0.1, 0.15) is 12.4 Å². The van der Waals surface area contributed by atoms with Crippen LogP contribution in [0.1, 0.15) is 23.2 Å². The van der Waals surface area contributed by atoms with E-state index in [9.17, 15) is 4.79 Å². The third kappa shape index (κ3) is 3.68. The highest BCUT2D eigenvalue weighted by Crippen LogP contribution is 2.22. The molecule has 1 unspecified atom stereocenters. The Morgan fingerprint density at radius 1 is 1.19 bits per heavy atom. The number of carbonyl (C=O) groups is 1. The Labute approximate surface area is 152 Å². The fourth-order valence-electron chi connectivity index (χ4n) is 3.08. The minimum Gasteiger partial charge on any atom is -0.490 e. The van der Waals surface area contributed by atoms with Crippen molar-refractivity contribution in [3.63, 3.8) is 0 Å². The topological polar surface area (TPSA) is 60.5 Å². The molecule has 132 valence electrons. The Balaban J connectivity index is 1.49. The molecule has 26 heavy (non-hydrogen) atoms. The highest BCUT2D eigenvalue weighted by atomic mass is 16.5. The van der Waals surface area contributed by atoms with Gasteiger partial charge in [0, 0.05) is 12.0 Å². The number of nitrogens with zero attached hydrogens (tertiary/aromatic N) is 1. The molecule has 0 radical (unpaired) electrons. The molecule has 1 fully saturated rings. The van der Waals surface area contributed by atoms with Crippen molar-refractivity contribution in [1.29, 1.82) is 0 Å². The molecule has 0 bridgehead atoms. The third-order valence-electron chi connectivity index (χ3n) is 4.43. The number of carbonyl (C=O) groups excluding carboxylic acids is 1. The van der Waals surface area contributed by atoms with Gasteiger partial charge in [0.05, 0.1) is 29.1 Å². The summed E-state index contributed by atoms with van der Waals surface area (Å²) < 4.78 is 11.4. The molecule has 2 aromatic carbocycles. The van der Waals surface area contributed by atoms with E-state index in [1.54, 1.807) is 12.3 Å². The summed E-state index contributed by atoms with van der Waals surface area (Å²) >= 11 is 0. The lowest BCUT2D eigenvalue weighted by atomic mass is 10.1. The zero-order chi connectivity index (χ0) is 17.8. The monoisotopic (exact) mass is 348 g/mol. The van der Waals surface area contributed by atoms with E-state index in [0.29, 0.717) is 23.6 Å². The van der Waals surface area contributed by atoms with Crippen LogP contribution < -0.4 is 10.1 Å². The number of hydrogen-bond acceptors (Lipinski definition) is 4. The molecule has 1 amide bonds. The number of pyridine rings is 1. The number of fused-ring (bicyclic) bond motifs is 1. The Kier molecular flexibility index (Phi) is 4.80. The SMILES string of the molecule is O=C(Nc1cnc2ccccc2c1)c1ccccc1OCC1CCCO1. The summed E-state index contributed by atoms with van der Waals surface area (Å²) in [5, 5.41) is 3.89. The van der Waals surface area contributed by atoms with Crippen LogP contribution in [-0.2, 0) is 4.74 Å². The maximum atomic E-state index is 12.7. The first-order chi connectivity index (χ1) is 12.8. The summed E-state index contributed by atoms with van der Waals surface area (Å²) in [6.45, 7) is 1.24.